The number of hydrogen-bond donors (Lipinski definition) is 0. The van der Waals surface area contributed by atoms with Crippen molar-refractivity contribution in [1.82, 2.24) is 0 Å². The van der Waals surface area contributed by atoms with Crippen LogP contribution in [-0.2, 0) is 23.8 Å². The molecule has 1 aliphatic rings. The molecule has 0 amide bonds. The van der Waals surface area contributed by atoms with Gasteiger partial charge in [0.25, 0.3) is 0 Å². The van der Waals surface area contributed by atoms with E-state index in [1.165, 1.54) is 0 Å². The summed E-state index contributed by atoms with van der Waals surface area (Å²) < 4.78 is 47.4. The van der Waals surface area contributed by atoms with Gasteiger partial charge in [0.1, 0.15) is 10.7 Å². The lowest BCUT2D eigenvalue weighted by molar-refractivity contribution is -0.146. The fraction of sp³-hybridized carbons (Fsp3) is 0.562. The third-order valence-corrected chi connectivity index (χ3v) is 5.11. The van der Waals surface area contributed by atoms with Crippen molar-refractivity contribution >= 4 is 16.1 Å². The molecule has 1 aromatic carbocycles. The summed E-state index contributed by atoms with van der Waals surface area (Å²) in [6.45, 7) is 6.39. The van der Waals surface area contributed by atoms with Gasteiger partial charge < -0.3 is 8.92 Å². The fourth-order valence-corrected chi connectivity index (χ4v) is 3.36. The van der Waals surface area contributed by atoms with Gasteiger partial charge in [-0.2, -0.15) is 8.42 Å². The van der Waals surface area contributed by atoms with Crippen molar-refractivity contribution < 1.29 is 26.5 Å². The topological polar surface area (TPSA) is 69.7 Å². The van der Waals surface area contributed by atoms with Crippen LogP contribution < -0.4 is 0 Å². The number of carbonyl (C=O) groups is 1. The summed E-state index contributed by atoms with van der Waals surface area (Å²) in [5.41, 5.74) is -0.144. The summed E-state index contributed by atoms with van der Waals surface area (Å²) in [6.07, 6.45) is 0.702. The molecule has 1 saturated heterocycles. The summed E-state index contributed by atoms with van der Waals surface area (Å²) in [7, 11) is -4.24. The van der Waals surface area contributed by atoms with Crippen LogP contribution in [0.3, 0.4) is 0 Å². The van der Waals surface area contributed by atoms with Crippen molar-refractivity contribution in [3.63, 3.8) is 0 Å². The van der Waals surface area contributed by atoms with Crippen molar-refractivity contribution in [3.05, 3.63) is 30.1 Å². The minimum Gasteiger partial charge on any atom is -0.378 e. The second kappa shape index (κ2) is 6.57. The molecule has 1 aromatic rings. The number of carbonyl (C=O) groups excluding carboxylic acids is 1. The third-order valence-electron chi connectivity index (χ3n) is 3.88. The molecule has 0 spiro atoms. The van der Waals surface area contributed by atoms with E-state index in [1.54, 1.807) is 0 Å². The lowest BCUT2D eigenvalue weighted by Gasteiger charge is -2.36. The molecule has 23 heavy (non-hydrogen) atoms. The van der Waals surface area contributed by atoms with Crippen molar-refractivity contribution in [3.8, 4) is 0 Å². The summed E-state index contributed by atoms with van der Waals surface area (Å²) in [4.78, 5) is 12.0. The molecule has 2 rings (SSSR count). The Kier molecular flexibility index (Phi) is 5.10. The Morgan fingerprint density at radius 1 is 1.26 bits per heavy atom. The van der Waals surface area contributed by atoms with Gasteiger partial charge in [-0.05, 0) is 42.5 Å². The van der Waals surface area contributed by atoms with Crippen LogP contribution in [0.4, 0.5) is 4.39 Å². The molecule has 1 fully saturated rings. The van der Waals surface area contributed by atoms with Gasteiger partial charge in [0, 0.05) is 6.61 Å². The molecule has 5 nitrogen and oxygen atoms in total. The molecule has 0 bridgehead atoms. The fourth-order valence-electron chi connectivity index (χ4n) is 2.44. The van der Waals surface area contributed by atoms with E-state index in [2.05, 4.69) is 0 Å². The molecule has 2 unspecified atom stereocenters. The predicted molar refractivity (Wildman–Crippen MR) is 81.6 cm³/mol. The van der Waals surface area contributed by atoms with Crippen LogP contribution in [-0.4, -0.2) is 27.1 Å². The first kappa shape index (κ1) is 17.9. The molecule has 7 heteroatoms. The van der Waals surface area contributed by atoms with Gasteiger partial charge >= 0.3 is 16.1 Å². The lowest BCUT2D eigenvalue weighted by Crippen LogP contribution is -2.39. The Balaban J connectivity index is 2.07. The zero-order valence-electron chi connectivity index (χ0n) is 13.4. The monoisotopic (exact) mass is 344 g/mol. The summed E-state index contributed by atoms with van der Waals surface area (Å²) in [5, 5.41) is 0. The van der Waals surface area contributed by atoms with Crippen LogP contribution >= 0.6 is 0 Å². The molecule has 0 aromatic heterocycles. The summed E-state index contributed by atoms with van der Waals surface area (Å²) in [6, 6.07) is 4.15. The third kappa shape index (κ3) is 4.51. The van der Waals surface area contributed by atoms with E-state index in [0.29, 0.717) is 19.4 Å². The van der Waals surface area contributed by atoms with Crippen molar-refractivity contribution in [2.24, 2.45) is 11.3 Å². The normalized spacial score (nSPS) is 22.6. The van der Waals surface area contributed by atoms with Gasteiger partial charge in [-0.25, -0.2) is 4.39 Å². The lowest BCUT2D eigenvalue weighted by atomic mass is 9.81. The first-order valence-electron chi connectivity index (χ1n) is 7.45. The first-order chi connectivity index (χ1) is 10.6. The maximum absolute atomic E-state index is 12.9. The Bertz CT molecular complexity index is 661. The number of benzene rings is 1. The van der Waals surface area contributed by atoms with E-state index < -0.39 is 27.8 Å². The second-order valence-electron chi connectivity index (χ2n) is 6.76. The Morgan fingerprint density at radius 2 is 1.87 bits per heavy atom. The van der Waals surface area contributed by atoms with E-state index in [9.17, 15) is 17.6 Å². The van der Waals surface area contributed by atoms with Gasteiger partial charge in [0.05, 0.1) is 12.0 Å². The van der Waals surface area contributed by atoms with Crippen molar-refractivity contribution in [2.75, 3.05) is 6.61 Å². The maximum atomic E-state index is 12.9. The van der Waals surface area contributed by atoms with E-state index >= 15 is 0 Å². The van der Waals surface area contributed by atoms with E-state index in [-0.39, 0.29) is 16.4 Å². The number of ether oxygens (including phenoxy) is 1. The summed E-state index contributed by atoms with van der Waals surface area (Å²) in [5.74, 6) is -1.87. The highest BCUT2D eigenvalue weighted by Gasteiger charge is 2.37. The minimum atomic E-state index is -4.24. The molecule has 0 N–H and O–H groups in total. The smallest absolute Gasteiger partial charge is 0.341 e. The average Bonchev–Trinajstić information content (AvgIpc) is 2.46. The Labute approximate surface area is 135 Å². The van der Waals surface area contributed by atoms with Crippen LogP contribution in [0.1, 0.15) is 33.6 Å². The molecular formula is C16H21FO5S. The minimum absolute atomic E-state index is 0.137. The van der Waals surface area contributed by atoms with Crippen LogP contribution in [0.2, 0.25) is 0 Å². The maximum Gasteiger partial charge on any atom is 0.341 e. The van der Waals surface area contributed by atoms with Gasteiger partial charge in [0.15, 0.2) is 0 Å². The number of hydrogen-bond acceptors (Lipinski definition) is 5. The van der Waals surface area contributed by atoms with Crippen molar-refractivity contribution in [1.29, 1.82) is 0 Å². The first-order valence-corrected chi connectivity index (χ1v) is 8.86. The zero-order valence-corrected chi connectivity index (χ0v) is 14.2. The molecule has 0 radical (unpaired) electrons. The second-order valence-corrected chi connectivity index (χ2v) is 8.30. The van der Waals surface area contributed by atoms with Crippen molar-refractivity contribution in [2.45, 2.75) is 44.6 Å². The molecule has 2 atom stereocenters. The van der Waals surface area contributed by atoms with E-state index in [4.69, 9.17) is 8.92 Å². The zero-order chi connectivity index (χ0) is 17.3. The van der Waals surface area contributed by atoms with Crippen LogP contribution in [0, 0.1) is 17.2 Å². The van der Waals surface area contributed by atoms with E-state index in [1.807, 2.05) is 20.8 Å². The largest absolute Gasteiger partial charge is 0.378 e. The Hall–Kier alpha value is -1.47. The SMILES string of the molecule is CC(C)(C)C1CC(C(=O)OS(=O)(=O)c2ccc(F)cc2)CCO1. The standard InChI is InChI=1S/C16H21FO5S/c1-16(2,3)14-10-11(8-9-21-14)15(18)22-23(19,20)13-6-4-12(17)5-7-13/h4-7,11,14H,8-10H2,1-3H3. The highest BCUT2D eigenvalue weighted by molar-refractivity contribution is 7.87. The molecular weight excluding hydrogens is 323 g/mol. The van der Waals surface area contributed by atoms with Gasteiger partial charge in [0.2, 0.25) is 0 Å². The van der Waals surface area contributed by atoms with Gasteiger partial charge in [-0.15, -0.1) is 0 Å². The molecule has 0 aliphatic carbocycles. The van der Waals surface area contributed by atoms with Crippen LogP contribution in [0.5, 0.6) is 0 Å². The van der Waals surface area contributed by atoms with Gasteiger partial charge in [-0.3, -0.25) is 4.79 Å². The Morgan fingerprint density at radius 3 is 2.43 bits per heavy atom. The molecule has 1 heterocycles. The average molecular weight is 344 g/mol. The van der Waals surface area contributed by atoms with Gasteiger partial charge in [-0.1, -0.05) is 20.8 Å². The van der Waals surface area contributed by atoms with E-state index in [0.717, 1.165) is 24.3 Å². The molecule has 1 aliphatic heterocycles. The number of rotatable bonds is 3. The van der Waals surface area contributed by atoms with Crippen LogP contribution in [0.15, 0.2) is 29.2 Å². The number of halogens is 1. The highest BCUT2D eigenvalue weighted by Crippen LogP contribution is 2.33. The predicted octanol–water partition coefficient (Wildman–Crippen LogP) is 2.90. The molecule has 128 valence electrons. The quantitative estimate of drug-likeness (QED) is 0.789. The van der Waals surface area contributed by atoms with Crippen LogP contribution in [0.25, 0.3) is 0 Å². The highest BCUT2D eigenvalue weighted by atomic mass is 32.2. The summed E-state index contributed by atoms with van der Waals surface area (Å²) >= 11 is 0. The molecule has 0 saturated carbocycles.